The zero-order valence-electron chi connectivity index (χ0n) is 34.8. The van der Waals surface area contributed by atoms with E-state index in [2.05, 4.69) is 41.5 Å². The molecule has 3 aliphatic heterocycles. The predicted octanol–water partition coefficient (Wildman–Crippen LogP) is 1.36. The van der Waals surface area contributed by atoms with Crippen LogP contribution in [0.1, 0.15) is 114 Å². The van der Waals surface area contributed by atoms with Crippen molar-refractivity contribution in [2.75, 3.05) is 6.61 Å². The van der Waals surface area contributed by atoms with Gasteiger partial charge >= 0.3 is 0 Å². The largest absolute Gasteiger partial charge is 0.394 e. The third-order valence-electron chi connectivity index (χ3n) is 17.3. The molecule has 14 nitrogen and oxygen atoms in total. The van der Waals surface area contributed by atoms with Gasteiger partial charge in [-0.3, -0.25) is 0 Å². The van der Waals surface area contributed by atoms with Crippen LogP contribution in [0.5, 0.6) is 0 Å². The van der Waals surface area contributed by atoms with Crippen molar-refractivity contribution in [3.63, 3.8) is 0 Å². The smallest absolute Gasteiger partial charge is 0.187 e. The Balaban J connectivity index is 1.26. The van der Waals surface area contributed by atoms with Crippen LogP contribution in [-0.4, -0.2) is 150 Å². The molecule has 0 bridgehead atoms. The van der Waals surface area contributed by atoms with Crippen LogP contribution in [0.2, 0.25) is 0 Å². The molecule has 0 aromatic carbocycles. The first kappa shape index (κ1) is 43.5. The minimum Gasteiger partial charge on any atom is -0.394 e. The van der Waals surface area contributed by atoms with Crippen LogP contribution in [0.4, 0.5) is 0 Å². The third-order valence-corrected chi connectivity index (χ3v) is 17.3. The number of ether oxygens (including phenoxy) is 5. The molecular formula is C42H72O14. The Morgan fingerprint density at radius 1 is 0.732 bits per heavy atom. The van der Waals surface area contributed by atoms with E-state index in [1.807, 2.05) is 0 Å². The van der Waals surface area contributed by atoms with Gasteiger partial charge in [-0.2, -0.15) is 0 Å². The predicted molar refractivity (Wildman–Crippen MR) is 200 cm³/mol. The summed E-state index contributed by atoms with van der Waals surface area (Å²) in [5, 5.41) is 99.5. The van der Waals surface area contributed by atoms with Crippen LogP contribution in [-0.2, 0) is 23.7 Å². The standard InChI is InChI=1S/C42H72O14/c1-19-28(46)30(48)32(50)35(52-19)55-33-31(49)29(47)23(18-43)54-36(33)53-22-17-41(8)24(39(6)13-11-25(45)37(2,3)34(22)39)16-21(44)27-20(10-14-40(27,41)7)42(9)15-12-26(56-42)38(4,5)51/h19-36,43-51H,10-18H2,1-9H3/t19-,20-,21+,22-,23+,24+,25-,26+,27-,28-,29+,30+,31-,32+,33-,34-,35-,36+,39+,40+,41+,42-/m0/s1. The van der Waals surface area contributed by atoms with Crippen LogP contribution >= 0.6 is 0 Å². The fourth-order valence-corrected chi connectivity index (χ4v) is 14.1. The molecule has 9 N–H and O–H groups in total. The summed E-state index contributed by atoms with van der Waals surface area (Å²) in [6.45, 7) is 17.6. The van der Waals surface area contributed by atoms with Gasteiger partial charge in [-0.15, -0.1) is 0 Å². The van der Waals surface area contributed by atoms with Gasteiger partial charge in [0.2, 0.25) is 0 Å². The van der Waals surface area contributed by atoms with Gasteiger partial charge in [0.1, 0.15) is 42.7 Å². The molecule has 7 aliphatic rings. The topological polar surface area (TPSA) is 228 Å². The average Bonchev–Trinajstić information content (AvgIpc) is 3.71. The van der Waals surface area contributed by atoms with Gasteiger partial charge in [0.15, 0.2) is 12.6 Å². The number of fused-ring (bicyclic) bond motifs is 5. The molecule has 0 radical (unpaired) electrons. The van der Waals surface area contributed by atoms with Crippen LogP contribution in [0.25, 0.3) is 0 Å². The first-order valence-electron chi connectivity index (χ1n) is 21.2. The van der Waals surface area contributed by atoms with Gasteiger partial charge in [0, 0.05) is 0 Å². The summed E-state index contributed by atoms with van der Waals surface area (Å²) in [7, 11) is 0. The lowest BCUT2D eigenvalue weighted by Gasteiger charge is -2.72. The molecule has 56 heavy (non-hydrogen) atoms. The minimum absolute atomic E-state index is 0.0557. The highest BCUT2D eigenvalue weighted by atomic mass is 16.8. The number of aliphatic hydroxyl groups is 9. The molecule has 0 amide bonds. The fraction of sp³-hybridized carbons (Fsp3) is 1.00. The van der Waals surface area contributed by atoms with Crippen molar-refractivity contribution in [2.45, 2.75) is 211 Å². The highest BCUT2D eigenvalue weighted by molar-refractivity contribution is 5.22. The molecule has 22 atom stereocenters. The molecule has 0 aromatic heterocycles. The lowest BCUT2D eigenvalue weighted by Crippen LogP contribution is -2.71. The Labute approximate surface area is 331 Å². The number of aliphatic hydroxyl groups excluding tert-OH is 8. The maximum atomic E-state index is 12.4. The Kier molecular flexibility index (Phi) is 11.3. The van der Waals surface area contributed by atoms with Crippen LogP contribution in [0.15, 0.2) is 0 Å². The summed E-state index contributed by atoms with van der Waals surface area (Å²) in [5.41, 5.74) is -3.36. The van der Waals surface area contributed by atoms with E-state index in [-0.39, 0.29) is 35.2 Å². The Morgan fingerprint density at radius 2 is 1.41 bits per heavy atom. The molecule has 3 heterocycles. The molecule has 7 rings (SSSR count). The molecule has 0 unspecified atom stereocenters. The average molecular weight is 801 g/mol. The molecule has 4 saturated carbocycles. The fourth-order valence-electron chi connectivity index (χ4n) is 14.1. The minimum atomic E-state index is -1.70. The van der Waals surface area contributed by atoms with E-state index in [0.29, 0.717) is 25.7 Å². The van der Waals surface area contributed by atoms with Gasteiger partial charge < -0.3 is 69.6 Å². The zero-order chi connectivity index (χ0) is 41.3. The zero-order valence-corrected chi connectivity index (χ0v) is 34.8. The summed E-state index contributed by atoms with van der Waals surface area (Å²) in [6.07, 6.45) is -11.0. The van der Waals surface area contributed by atoms with Crippen molar-refractivity contribution >= 4 is 0 Å². The molecular weight excluding hydrogens is 728 g/mol. The first-order valence-corrected chi connectivity index (χ1v) is 21.2. The molecule has 3 saturated heterocycles. The van der Waals surface area contributed by atoms with Crippen molar-refractivity contribution in [3.05, 3.63) is 0 Å². The summed E-state index contributed by atoms with van der Waals surface area (Å²) in [4.78, 5) is 0. The maximum absolute atomic E-state index is 12.4. The van der Waals surface area contributed by atoms with Gasteiger partial charge in [-0.05, 0) is 124 Å². The second-order valence-electron chi connectivity index (χ2n) is 21.2. The van der Waals surface area contributed by atoms with E-state index < -0.39 is 114 Å². The number of hydrogen-bond donors (Lipinski definition) is 9. The van der Waals surface area contributed by atoms with Crippen molar-refractivity contribution in [1.29, 1.82) is 0 Å². The summed E-state index contributed by atoms with van der Waals surface area (Å²) >= 11 is 0. The Bertz CT molecular complexity index is 1430. The molecule has 0 spiro atoms. The van der Waals surface area contributed by atoms with Crippen LogP contribution in [0, 0.1) is 45.3 Å². The van der Waals surface area contributed by atoms with Gasteiger partial charge in [0.25, 0.3) is 0 Å². The molecule has 324 valence electrons. The summed E-state index contributed by atoms with van der Waals surface area (Å²) < 4.78 is 32.0. The summed E-state index contributed by atoms with van der Waals surface area (Å²) in [5.74, 6) is -0.246. The van der Waals surface area contributed by atoms with Crippen molar-refractivity contribution in [2.24, 2.45) is 45.3 Å². The highest BCUT2D eigenvalue weighted by Crippen LogP contribution is 2.76. The van der Waals surface area contributed by atoms with Gasteiger partial charge in [0.05, 0.1) is 48.3 Å². The second kappa shape index (κ2) is 14.5. The van der Waals surface area contributed by atoms with E-state index in [9.17, 15) is 46.0 Å². The first-order chi connectivity index (χ1) is 25.9. The third kappa shape index (κ3) is 6.49. The van der Waals surface area contributed by atoms with Gasteiger partial charge in [-0.1, -0.05) is 34.6 Å². The van der Waals surface area contributed by atoms with E-state index in [4.69, 9.17) is 23.7 Å². The molecule has 7 fully saturated rings. The van der Waals surface area contributed by atoms with Crippen molar-refractivity contribution in [1.82, 2.24) is 0 Å². The maximum Gasteiger partial charge on any atom is 0.187 e. The van der Waals surface area contributed by atoms with E-state index in [1.165, 1.54) is 6.92 Å². The highest BCUT2D eigenvalue weighted by Gasteiger charge is 2.74. The van der Waals surface area contributed by atoms with E-state index in [1.54, 1.807) is 13.8 Å². The summed E-state index contributed by atoms with van der Waals surface area (Å²) in [6, 6.07) is 0. The quantitative estimate of drug-likeness (QED) is 0.166. The lowest BCUT2D eigenvalue weighted by atomic mass is 9.34. The molecule has 0 aromatic rings. The number of rotatable bonds is 7. The van der Waals surface area contributed by atoms with Crippen LogP contribution in [0.3, 0.4) is 0 Å². The molecule has 14 heteroatoms. The van der Waals surface area contributed by atoms with Crippen molar-refractivity contribution < 1.29 is 69.6 Å². The monoisotopic (exact) mass is 800 g/mol. The Hall–Kier alpha value is -0.560. The molecule has 4 aliphatic carbocycles. The second-order valence-corrected chi connectivity index (χ2v) is 21.2. The Morgan fingerprint density at radius 3 is 2.04 bits per heavy atom. The van der Waals surface area contributed by atoms with E-state index >= 15 is 0 Å². The van der Waals surface area contributed by atoms with Crippen molar-refractivity contribution in [3.8, 4) is 0 Å². The van der Waals surface area contributed by atoms with Gasteiger partial charge in [-0.25, -0.2) is 0 Å². The number of hydrogen-bond acceptors (Lipinski definition) is 14. The normalized spacial score (nSPS) is 57.3. The van der Waals surface area contributed by atoms with Crippen LogP contribution < -0.4 is 0 Å². The SMILES string of the molecule is C[C@@H]1O[C@@H](O[C@@H]2[C@H](O[C@H]3C[C@]4(C)[C@H](C[C@@H](O)[C@@H]5[C@@H]([C@]6(C)CC[C@H](C(C)(C)O)O6)CC[C@]54C)[C@@]4(C)CC[C@H](O)C(C)(C)[C@H]34)O[C@H](CO)[C@@H](O)[C@@H]2O)[C@H](O)[C@H](O)[C@H]1O. The lowest BCUT2D eigenvalue weighted by molar-refractivity contribution is -0.382. The van der Waals surface area contributed by atoms with E-state index in [0.717, 1.165) is 25.7 Å².